The highest BCUT2D eigenvalue weighted by Gasteiger charge is 2.10. The molecule has 1 aromatic heterocycles. The number of amides is 1. The smallest absolute Gasteiger partial charge is 0.236 e. The molecule has 0 radical (unpaired) electrons. The summed E-state index contributed by atoms with van der Waals surface area (Å²) in [6, 6.07) is 16.2. The molecule has 0 atom stereocenters. The van der Waals surface area contributed by atoms with Crippen LogP contribution in [0.25, 0.3) is 10.6 Å². The molecule has 0 fully saturated rings. The largest absolute Gasteiger partial charge is 0.300 e. The van der Waals surface area contributed by atoms with Gasteiger partial charge in [0.25, 0.3) is 0 Å². The zero-order valence-corrected chi connectivity index (χ0v) is 15.1. The molecular formula is C18H17N3OS2. The van der Waals surface area contributed by atoms with Crippen LogP contribution in [0.3, 0.4) is 0 Å². The van der Waals surface area contributed by atoms with Gasteiger partial charge in [0.05, 0.1) is 5.75 Å². The molecule has 24 heavy (non-hydrogen) atoms. The Kier molecular flexibility index (Phi) is 5.27. The van der Waals surface area contributed by atoms with Crippen molar-refractivity contribution in [1.29, 1.82) is 0 Å². The Labute approximate surface area is 149 Å². The summed E-state index contributed by atoms with van der Waals surface area (Å²) in [4.78, 5) is 13.1. The van der Waals surface area contributed by atoms with Gasteiger partial charge in [-0.3, -0.25) is 10.1 Å². The Balaban J connectivity index is 1.57. The van der Waals surface area contributed by atoms with E-state index in [-0.39, 0.29) is 5.91 Å². The number of nitrogens with one attached hydrogen (secondary N) is 1. The average molecular weight is 355 g/mol. The number of benzene rings is 2. The molecule has 1 amide bonds. The molecule has 1 heterocycles. The Morgan fingerprint density at radius 3 is 2.29 bits per heavy atom. The molecule has 0 unspecified atom stereocenters. The number of carbonyl (C=O) groups is 1. The minimum absolute atomic E-state index is 0.0767. The number of aromatic nitrogens is 2. The van der Waals surface area contributed by atoms with Gasteiger partial charge < -0.3 is 0 Å². The summed E-state index contributed by atoms with van der Waals surface area (Å²) in [5.74, 6) is 0.273. The van der Waals surface area contributed by atoms with E-state index in [1.807, 2.05) is 62.4 Å². The van der Waals surface area contributed by atoms with E-state index >= 15 is 0 Å². The average Bonchev–Trinajstić information content (AvgIpc) is 3.03. The van der Waals surface area contributed by atoms with E-state index in [4.69, 9.17) is 0 Å². The third kappa shape index (κ3) is 4.43. The highest BCUT2D eigenvalue weighted by molar-refractivity contribution is 8.00. The predicted molar refractivity (Wildman–Crippen MR) is 101 cm³/mol. The number of anilines is 1. The first kappa shape index (κ1) is 16.7. The lowest BCUT2D eigenvalue weighted by Crippen LogP contribution is -2.13. The van der Waals surface area contributed by atoms with Crippen molar-refractivity contribution in [3.05, 3.63) is 59.7 Å². The molecule has 3 aromatic rings. The van der Waals surface area contributed by atoms with Crippen LogP contribution >= 0.6 is 23.1 Å². The summed E-state index contributed by atoms with van der Waals surface area (Å²) >= 11 is 2.89. The number of thioether (sulfide) groups is 1. The van der Waals surface area contributed by atoms with Gasteiger partial charge in [-0.1, -0.05) is 58.9 Å². The van der Waals surface area contributed by atoms with E-state index in [2.05, 4.69) is 15.5 Å². The number of hydrogen-bond acceptors (Lipinski definition) is 5. The van der Waals surface area contributed by atoms with Crippen LogP contribution < -0.4 is 5.32 Å². The third-order valence-electron chi connectivity index (χ3n) is 3.36. The van der Waals surface area contributed by atoms with E-state index in [0.29, 0.717) is 10.9 Å². The van der Waals surface area contributed by atoms with E-state index in [0.717, 1.165) is 15.5 Å². The van der Waals surface area contributed by atoms with Crippen LogP contribution in [0.15, 0.2) is 53.4 Å². The molecule has 0 spiro atoms. The van der Waals surface area contributed by atoms with E-state index in [1.165, 1.54) is 34.2 Å². The molecule has 0 bridgehead atoms. The van der Waals surface area contributed by atoms with Gasteiger partial charge in [-0.05, 0) is 26.0 Å². The zero-order valence-electron chi connectivity index (χ0n) is 13.4. The molecule has 3 rings (SSSR count). The van der Waals surface area contributed by atoms with Crippen LogP contribution in [0.5, 0.6) is 0 Å². The second kappa shape index (κ2) is 7.59. The molecule has 0 aliphatic rings. The Hall–Kier alpha value is -2.18. The maximum absolute atomic E-state index is 12.1. The van der Waals surface area contributed by atoms with Gasteiger partial charge in [0.2, 0.25) is 11.0 Å². The number of carbonyl (C=O) groups excluding carboxylic acids is 1. The fraction of sp³-hybridized carbons (Fsp3) is 0.167. The van der Waals surface area contributed by atoms with Crippen LogP contribution in [0.1, 0.15) is 11.1 Å². The highest BCUT2D eigenvalue weighted by atomic mass is 32.2. The standard InChI is InChI=1S/C18H17N3OS2/c1-12-3-7-14(8-4-12)17-20-21-18(24-17)19-16(22)11-23-15-9-5-13(2)6-10-15/h3-10H,11H2,1-2H3,(H,19,21,22). The lowest BCUT2D eigenvalue weighted by molar-refractivity contribution is -0.113. The van der Waals surface area contributed by atoms with Crippen LogP contribution in [-0.2, 0) is 4.79 Å². The van der Waals surface area contributed by atoms with Crippen LogP contribution in [0.4, 0.5) is 5.13 Å². The second-order valence-electron chi connectivity index (χ2n) is 5.43. The Morgan fingerprint density at radius 1 is 1.00 bits per heavy atom. The Morgan fingerprint density at radius 2 is 1.62 bits per heavy atom. The normalized spacial score (nSPS) is 10.6. The summed E-state index contributed by atoms with van der Waals surface area (Å²) in [5.41, 5.74) is 3.42. The van der Waals surface area contributed by atoms with Crippen molar-refractivity contribution in [2.24, 2.45) is 0 Å². The maximum Gasteiger partial charge on any atom is 0.236 e. The van der Waals surface area contributed by atoms with E-state index in [1.54, 1.807) is 0 Å². The van der Waals surface area contributed by atoms with Crippen molar-refractivity contribution in [3.63, 3.8) is 0 Å². The molecule has 2 aromatic carbocycles. The fourth-order valence-corrected chi connectivity index (χ4v) is 3.49. The lowest BCUT2D eigenvalue weighted by Gasteiger charge is -2.02. The quantitative estimate of drug-likeness (QED) is 0.682. The van der Waals surface area contributed by atoms with Gasteiger partial charge >= 0.3 is 0 Å². The summed E-state index contributed by atoms with van der Waals surface area (Å²) in [6.45, 7) is 4.09. The minimum Gasteiger partial charge on any atom is -0.300 e. The third-order valence-corrected chi connectivity index (χ3v) is 5.26. The number of hydrogen-bond donors (Lipinski definition) is 1. The molecule has 0 saturated carbocycles. The molecular weight excluding hydrogens is 338 g/mol. The fourth-order valence-electron chi connectivity index (χ4n) is 2.03. The first-order valence-corrected chi connectivity index (χ1v) is 9.30. The molecule has 0 aliphatic heterocycles. The van der Waals surface area contributed by atoms with Crippen molar-refractivity contribution >= 4 is 34.1 Å². The number of rotatable bonds is 5. The summed E-state index contributed by atoms with van der Waals surface area (Å²) in [6.07, 6.45) is 0. The SMILES string of the molecule is Cc1ccc(SCC(=O)Nc2nnc(-c3ccc(C)cc3)s2)cc1. The summed E-state index contributed by atoms with van der Waals surface area (Å²) < 4.78 is 0. The number of nitrogens with zero attached hydrogens (tertiary/aromatic N) is 2. The highest BCUT2D eigenvalue weighted by Crippen LogP contribution is 2.27. The topological polar surface area (TPSA) is 54.9 Å². The van der Waals surface area contributed by atoms with Gasteiger partial charge in [-0.2, -0.15) is 0 Å². The summed E-state index contributed by atoms with van der Waals surface area (Å²) in [7, 11) is 0. The van der Waals surface area contributed by atoms with Crippen molar-refractivity contribution in [2.75, 3.05) is 11.1 Å². The van der Waals surface area contributed by atoms with Gasteiger partial charge in [0, 0.05) is 10.5 Å². The first-order valence-electron chi connectivity index (χ1n) is 7.50. The van der Waals surface area contributed by atoms with Crippen LogP contribution in [-0.4, -0.2) is 21.9 Å². The number of aryl methyl sites for hydroxylation is 2. The molecule has 122 valence electrons. The molecule has 1 N–H and O–H groups in total. The molecule has 6 heteroatoms. The summed E-state index contributed by atoms with van der Waals surface area (Å²) in [5, 5.41) is 12.3. The van der Waals surface area contributed by atoms with Crippen molar-refractivity contribution < 1.29 is 4.79 Å². The van der Waals surface area contributed by atoms with Gasteiger partial charge in [0.1, 0.15) is 5.01 Å². The Bertz CT molecular complexity index is 826. The van der Waals surface area contributed by atoms with Gasteiger partial charge in [-0.15, -0.1) is 22.0 Å². The van der Waals surface area contributed by atoms with Crippen molar-refractivity contribution in [2.45, 2.75) is 18.7 Å². The second-order valence-corrected chi connectivity index (χ2v) is 7.45. The van der Waals surface area contributed by atoms with Crippen molar-refractivity contribution in [3.8, 4) is 10.6 Å². The lowest BCUT2D eigenvalue weighted by atomic mass is 10.2. The molecule has 4 nitrogen and oxygen atoms in total. The molecule has 0 aliphatic carbocycles. The van der Waals surface area contributed by atoms with E-state index in [9.17, 15) is 4.79 Å². The van der Waals surface area contributed by atoms with Crippen LogP contribution in [0, 0.1) is 13.8 Å². The van der Waals surface area contributed by atoms with Crippen LogP contribution in [0.2, 0.25) is 0 Å². The monoisotopic (exact) mass is 355 g/mol. The van der Waals surface area contributed by atoms with Crippen molar-refractivity contribution in [1.82, 2.24) is 10.2 Å². The van der Waals surface area contributed by atoms with Gasteiger partial charge in [0.15, 0.2) is 0 Å². The van der Waals surface area contributed by atoms with Gasteiger partial charge in [-0.25, -0.2) is 0 Å². The zero-order chi connectivity index (χ0) is 16.9. The maximum atomic E-state index is 12.1. The molecule has 0 saturated heterocycles. The van der Waals surface area contributed by atoms with E-state index < -0.39 is 0 Å². The predicted octanol–water partition coefficient (Wildman–Crippen LogP) is 4.55. The first-order chi connectivity index (χ1) is 11.6. The minimum atomic E-state index is -0.0767.